The van der Waals surface area contributed by atoms with Crippen LogP contribution < -0.4 is 5.73 Å². The summed E-state index contributed by atoms with van der Waals surface area (Å²) in [7, 11) is 0. The Hall–Kier alpha value is -2.11. The molecule has 2 aromatic heterocycles. The molecule has 0 amide bonds. The third-order valence-electron chi connectivity index (χ3n) is 2.98. The Morgan fingerprint density at radius 2 is 2.00 bits per heavy atom. The normalized spacial score (nSPS) is 10.8. The molecule has 0 radical (unpaired) electrons. The summed E-state index contributed by atoms with van der Waals surface area (Å²) in [5.74, 6) is 0.801. The quantitative estimate of drug-likeness (QED) is 0.772. The maximum absolute atomic E-state index is 6.24. The minimum Gasteiger partial charge on any atom is -0.368 e. The van der Waals surface area contributed by atoms with E-state index in [2.05, 4.69) is 15.1 Å². The van der Waals surface area contributed by atoms with Gasteiger partial charge in [0.05, 0.1) is 16.3 Å². The molecule has 3 aromatic rings. The molecule has 2 N–H and O–H groups in total. The van der Waals surface area contributed by atoms with E-state index in [-0.39, 0.29) is 5.95 Å². The summed E-state index contributed by atoms with van der Waals surface area (Å²) in [4.78, 5) is 8.09. The lowest BCUT2D eigenvalue weighted by Gasteiger charge is -2.05. The second kappa shape index (κ2) is 5.35. The van der Waals surface area contributed by atoms with E-state index in [0.29, 0.717) is 32.8 Å². The number of benzene rings is 1. The van der Waals surface area contributed by atoms with E-state index in [9.17, 15) is 0 Å². The van der Waals surface area contributed by atoms with Gasteiger partial charge in [0, 0.05) is 16.8 Å². The molecule has 21 heavy (non-hydrogen) atoms. The first-order chi connectivity index (χ1) is 10.1. The molecule has 0 bridgehead atoms. The third kappa shape index (κ3) is 2.57. The largest absolute Gasteiger partial charge is 0.368 e. The van der Waals surface area contributed by atoms with Crippen LogP contribution in [0.25, 0.3) is 22.5 Å². The standard InChI is InChI=1S/C14H10Cl2N4O/c1-7-12(11-4-5-18-14(17)19-11)13(20-21-7)9-3-2-8(15)6-10(9)16/h2-6H,1H3,(H2,17,18,19). The van der Waals surface area contributed by atoms with Gasteiger partial charge in [-0.25, -0.2) is 9.97 Å². The lowest BCUT2D eigenvalue weighted by molar-refractivity contribution is 0.400. The second-order valence-corrected chi connectivity index (χ2v) is 5.23. The van der Waals surface area contributed by atoms with Crippen LogP contribution in [0.1, 0.15) is 5.76 Å². The molecule has 0 saturated carbocycles. The topological polar surface area (TPSA) is 77.8 Å². The van der Waals surface area contributed by atoms with Crippen molar-refractivity contribution in [2.45, 2.75) is 6.92 Å². The first-order valence-corrected chi connectivity index (χ1v) is 6.82. The van der Waals surface area contributed by atoms with Crippen LogP contribution in [0.3, 0.4) is 0 Å². The van der Waals surface area contributed by atoms with E-state index in [1.165, 1.54) is 0 Å². The minimum absolute atomic E-state index is 0.182. The smallest absolute Gasteiger partial charge is 0.220 e. The summed E-state index contributed by atoms with van der Waals surface area (Å²) in [5.41, 5.74) is 8.30. The van der Waals surface area contributed by atoms with Gasteiger partial charge >= 0.3 is 0 Å². The fourth-order valence-electron chi connectivity index (χ4n) is 2.05. The zero-order chi connectivity index (χ0) is 15.0. The number of aryl methyl sites for hydroxylation is 1. The van der Waals surface area contributed by atoms with Crippen molar-refractivity contribution in [3.63, 3.8) is 0 Å². The highest BCUT2D eigenvalue weighted by atomic mass is 35.5. The fourth-order valence-corrected chi connectivity index (χ4v) is 2.55. The van der Waals surface area contributed by atoms with Gasteiger partial charge in [0.15, 0.2) is 0 Å². The number of anilines is 1. The van der Waals surface area contributed by atoms with Crippen molar-refractivity contribution in [1.82, 2.24) is 15.1 Å². The van der Waals surface area contributed by atoms with Crippen LogP contribution in [0.5, 0.6) is 0 Å². The monoisotopic (exact) mass is 320 g/mol. The van der Waals surface area contributed by atoms with Crippen molar-refractivity contribution in [1.29, 1.82) is 0 Å². The summed E-state index contributed by atoms with van der Waals surface area (Å²) in [5, 5.41) is 5.12. The molecule has 0 atom stereocenters. The molecule has 0 aliphatic heterocycles. The van der Waals surface area contributed by atoms with Crippen LogP contribution >= 0.6 is 23.2 Å². The number of rotatable bonds is 2. The van der Waals surface area contributed by atoms with Crippen molar-refractivity contribution < 1.29 is 4.52 Å². The average Bonchev–Trinajstić information content (AvgIpc) is 2.80. The maximum Gasteiger partial charge on any atom is 0.220 e. The van der Waals surface area contributed by atoms with Gasteiger partial charge in [-0.1, -0.05) is 28.4 Å². The van der Waals surface area contributed by atoms with Gasteiger partial charge in [-0.3, -0.25) is 0 Å². The summed E-state index contributed by atoms with van der Waals surface area (Å²) in [6.45, 7) is 1.80. The number of nitrogen functional groups attached to an aromatic ring is 1. The Kier molecular flexibility index (Phi) is 3.53. The Labute approximate surface area is 130 Å². The number of hydrogen-bond acceptors (Lipinski definition) is 5. The van der Waals surface area contributed by atoms with Gasteiger partial charge in [-0.05, 0) is 31.2 Å². The van der Waals surface area contributed by atoms with Crippen molar-refractivity contribution >= 4 is 29.2 Å². The van der Waals surface area contributed by atoms with Gasteiger partial charge in [0.2, 0.25) is 5.95 Å². The highest BCUT2D eigenvalue weighted by molar-refractivity contribution is 6.36. The first-order valence-electron chi connectivity index (χ1n) is 6.07. The molecule has 0 fully saturated rings. The van der Waals surface area contributed by atoms with Gasteiger partial charge in [0.1, 0.15) is 11.5 Å². The Morgan fingerprint density at radius 3 is 2.71 bits per heavy atom. The predicted molar refractivity (Wildman–Crippen MR) is 82.1 cm³/mol. The number of nitrogens with zero attached hydrogens (tertiary/aromatic N) is 3. The molecule has 0 saturated heterocycles. The van der Waals surface area contributed by atoms with E-state index in [1.807, 2.05) is 0 Å². The molecule has 1 aromatic carbocycles. The Balaban J connectivity index is 2.22. The van der Waals surface area contributed by atoms with Crippen LogP contribution in [0.15, 0.2) is 35.0 Å². The first kappa shape index (κ1) is 13.9. The Bertz CT molecular complexity index is 816. The molecule has 2 heterocycles. The number of nitrogens with two attached hydrogens (primary N) is 1. The van der Waals surface area contributed by atoms with E-state index >= 15 is 0 Å². The molecule has 7 heteroatoms. The lowest BCUT2D eigenvalue weighted by Crippen LogP contribution is -1.96. The van der Waals surface area contributed by atoms with Crippen molar-refractivity contribution in [2.75, 3.05) is 5.73 Å². The number of aromatic nitrogens is 3. The molecular formula is C14H10Cl2N4O. The van der Waals surface area contributed by atoms with E-state index < -0.39 is 0 Å². The molecule has 0 aliphatic carbocycles. The molecule has 5 nitrogen and oxygen atoms in total. The molecule has 0 aliphatic rings. The summed E-state index contributed by atoms with van der Waals surface area (Å²) in [6, 6.07) is 6.92. The molecule has 3 rings (SSSR count). The van der Waals surface area contributed by atoms with Gasteiger partial charge < -0.3 is 10.3 Å². The van der Waals surface area contributed by atoms with Gasteiger partial charge in [0.25, 0.3) is 0 Å². The van der Waals surface area contributed by atoms with Crippen LogP contribution in [0.2, 0.25) is 10.0 Å². The minimum atomic E-state index is 0.182. The highest BCUT2D eigenvalue weighted by Gasteiger charge is 2.20. The summed E-state index contributed by atoms with van der Waals surface area (Å²) >= 11 is 12.2. The van der Waals surface area contributed by atoms with Crippen LogP contribution in [0, 0.1) is 6.92 Å². The molecule has 0 unspecified atom stereocenters. The lowest BCUT2D eigenvalue weighted by atomic mass is 10.0. The van der Waals surface area contributed by atoms with Crippen molar-refractivity contribution in [2.24, 2.45) is 0 Å². The number of hydrogen-bond donors (Lipinski definition) is 1. The molecule has 0 spiro atoms. The van der Waals surface area contributed by atoms with Gasteiger partial charge in [-0.15, -0.1) is 0 Å². The average molecular weight is 321 g/mol. The van der Waals surface area contributed by atoms with Crippen LogP contribution in [-0.2, 0) is 0 Å². The van der Waals surface area contributed by atoms with Crippen LogP contribution in [0.4, 0.5) is 5.95 Å². The summed E-state index contributed by atoms with van der Waals surface area (Å²) in [6.07, 6.45) is 1.58. The van der Waals surface area contributed by atoms with Gasteiger partial charge in [-0.2, -0.15) is 0 Å². The molecule has 106 valence electrons. The molecular weight excluding hydrogens is 311 g/mol. The number of halogens is 2. The fraction of sp³-hybridized carbons (Fsp3) is 0.0714. The SMILES string of the molecule is Cc1onc(-c2ccc(Cl)cc2Cl)c1-c1ccnc(N)n1. The Morgan fingerprint density at radius 1 is 1.19 bits per heavy atom. The zero-order valence-electron chi connectivity index (χ0n) is 11.0. The van der Waals surface area contributed by atoms with E-state index in [0.717, 1.165) is 5.56 Å². The zero-order valence-corrected chi connectivity index (χ0v) is 12.5. The predicted octanol–water partition coefficient (Wildman–Crippen LogP) is 4.00. The van der Waals surface area contributed by atoms with Crippen molar-refractivity contribution in [3.05, 3.63) is 46.3 Å². The highest BCUT2D eigenvalue weighted by Crippen LogP contribution is 2.37. The van der Waals surface area contributed by atoms with Crippen LogP contribution in [-0.4, -0.2) is 15.1 Å². The van der Waals surface area contributed by atoms with E-state index in [1.54, 1.807) is 37.4 Å². The summed E-state index contributed by atoms with van der Waals surface area (Å²) < 4.78 is 5.29. The third-order valence-corrected chi connectivity index (χ3v) is 3.53. The second-order valence-electron chi connectivity index (χ2n) is 4.39. The van der Waals surface area contributed by atoms with Crippen molar-refractivity contribution in [3.8, 4) is 22.5 Å². The van der Waals surface area contributed by atoms with E-state index in [4.69, 9.17) is 33.5 Å². The maximum atomic E-state index is 6.24.